The van der Waals surface area contributed by atoms with Crippen LogP contribution in [-0.2, 0) is 10.0 Å². The largest absolute Gasteiger partial charge is 0.496 e. The maximum atomic E-state index is 11.7. The first-order valence-corrected chi connectivity index (χ1v) is 6.41. The van der Waals surface area contributed by atoms with E-state index in [0.29, 0.717) is 0 Å². The summed E-state index contributed by atoms with van der Waals surface area (Å²) in [4.78, 5) is 11.5. The van der Waals surface area contributed by atoms with Crippen molar-refractivity contribution in [2.24, 2.45) is 5.14 Å². The van der Waals surface area contributed by atoms with Gasteiger partial charge in [-0.05, 0) is 12.1 Å². The third kappa shape index (κ3) is 2.54. The monoisotopic (exact) mass is 274 g/mol. The van der Waals surface area contributed by atoms with Crippen LogP contribution in [0, 0.1) is 0 Å². The van der Waals surface area contributed by atoms with Gasteiger partial charge in [0.25, 0.3) is 5.91 Å². The van der Waals surface area contributed by atoms with Crippen molar-refractivity contribution in [3.05, 3.63) is 17.7 Å². The zero-order valence-electron chi connectivity index (χ0n) is 10.2. The van der Waals surface area contributed by atoms with Crippen molar-refractivity contribution in [3.8, 4) is 11.5 Å². The van der Waals surface area contributed by atoms with Gasteiger partial charge in [-0.25, -0.2) is 13.6 Å². The van der Waals surface area contributed by atoms with E-state index in [4.69, 9.17) is 14.6 Å². The molecule has 0 aliphatic carbocycles. The molecule has 7 nitrogen and oxygen atoms in total. The van der Waals surface area contributed by atoms with Crippen molar-refractivity contribution in [2.75, 3.05) is 21.3 Å². The first kappa shape index (κ1) is 14.3. The third-order valence-electron chi connectivity index (χ3n) is 2.27. The van der Waals surface area contributed by atoms with E-state index < -0.39 is 15.9 Å². The number of ether oxygens (including phenoxy) is 2. The molecule has 8 heteroatoms. The van der Waals surface area contributed by atoms with Crippen molar-refractivity contribution in [3.63, 3.8) is 0 Å². The first-order chi connectivity index (χ1) is 8.36. The van der Waals surface area contributed by atoms with Gasteiger partial charge < -0.3 is 14.8 Å². The van der Waals surface area contributed by atoms with E-state index in [0.717, 1.165) is 0 Å². The summed E-state index contributed by atoms with van der Waals surface area (Å²) in [5, 5.41) is 7.43. The molecule has 0 unspecified atom stereocenters. The molecule has 1 aromatic rings. The fourth-order valence-corrected chi connectivity index (χ4v) is 2.18. The highest BCUT2D eigenvalue weighted by molar-refractivity contribution is 7.89. The van der Waals surface area contributed by atoms with Gasteiger partial charge in [0.05, 0.1) is 14.2 Å². The van der Waals surface area contributed by atoms with Crippen LogP contribution in [0.3, 0.4) is 0 Å². The van der Waals surface area contributed by atoms with Crippen LogP contribution in [0.1, 0.15) is 10.4 Å². The lowest BCUT2D eigenvalue weighted by molar-refractivity contribution is 0.0956. The standard InChI is InChI=1S/C10H14N2O5S/c1-12-10(13)8-6(16-2)4-5-7(9(8)17-3)18(11,14)15/h4-5H,1-3H3,(H,12,13)(H2,11,14,15). The Morgan fingerprint density at radius 2 is 1.89 bits per heavy atom. The summed E-state index contributed by atoms with van der Waals surface area (Å²) >= 11 is 0. The Morgan fingerprint density at radius 1 is 1.28 bits per heavy atom. The molecule has 0 saturated carbocycles. The Balaban J connectivity index is 3.68. The van der Waals surface area contributed by atoms with Crippen LogP contribution in [0.25, 0.3) is 0 Å². The molecule has 0 aliphatic rings. The number of benzene rings is 1. The van der Waals surface area contributed by atoms with Crippen molar-refractivity contribution in [2.45, 2.75) is 4.90 Å². The van der Waals surface area contributed by atoms with Gasteiger partial charge in [-0.1, -0.05) is 0 Å². The molecule has 0 saturated heterocycles. The van der Waals surface area contributed by atoms with E-state index in [1.807, 2.05) is 0 Å². The molecule has 1 rings (SSSR count). The van der Waals surface area contributed by atoms with E-state index in [1.54, 1.807) is 0 Å². The minimum Gasteiger partial charge on any atom is -0.496 e. The number of nitrogens with two attached hydrogens (primary N) is 1. The summed E-state index contributed by atoms with van der Waals surface area (Å²) in [7, 11) is 0.0171. The lowest BCUT2D eigenvalue weighted by Crippen LogP contribution is -2.22. The molecule has 18 heavy (non-hydrogen) atoms. The van der Waals surface area contributed by atoms with Crippen LogP contribution in [0.5, 0.6) is 11.5 Å². The highest BCUT2D eigenvalue weighted by Crippen LogP contribution is 2.34. The van der Waals surface area contributed by atoms with Crippen molar-refractivity contribution in [1.82, 2.24) is 5.32 Å². The molecule has 1 amide bonds. The zero-order valence-corrected chi connectivity index (χ0v) is 11.0. The van der Waals surface area contributed by atoms with Gasteiger partial charge in [0.1, 0.15) is 16.2 Å². The molecule has 0 bridgehead atoms. The summed E-state index contributed by atoms with van der Waals surface area (Å²) in [6.07, 6.45) is 0. The van der Waals surface area contributed by atoms with Crippen LogP contribution in [0.4, 0.5) is 0 Å². The molecule has 0 radical (unpaired) electrons. The Bertz CT molecular complexity index is 568. The zero-order chi connectivity index (χ0) is 13.9. The second kappa shape index (κ2) is 5.23. The predicted molar refractivity (Wildman–Crippen MR) is 64.3 cm³/mol. The molecule has 3 N–H and O–H groups in total. The van der Waals surface area contributed by atoms with Gasteiger partial charge in [0.15, 0.2) is 5.75 Å². The number of methoxy groups -OCH3 is 2. The number of hydrogen-bond acceptors (Lipinski definition) is 5. The number of carbonyl (C=O) groups is 1. The van der Waals surface area contributed by atoms with Crippen LogP contribution in [0.2, 0.25) is 0 Å². The normalized spacial score (nSPS) is 10.9. The molecule has 0 heterocycles. The smallest absolute Gasteiger partial charge is 0.258 e. The average molecular weight is 274 g/mol. The number of sulfonamides is 1. The molecule has 0 fully saturated rings. The van der Waals surface area contributed by atoms with Gasteiger partial charge in [-0.15, -0.1) is 0 Å². The highest BCUT2D eigenvalue weighted by Gasteiger charge is 2.25. The Hall–Kier alpha value is -1.80. The maximum absolute atomic E-state index is 11.7. The van der Waals surface area contributed by atoms with E-state index in [9.17, 15) is 13.2 Å². The lowest BCUT2D eigenvalue weighted by Gasteiger charge is -2.14. The summed E-state index contributed by atoms with van der Waals surface area (Å²) in [5.41, 5.74) is -0.0194. The van der Waals surface area contributed by atoms with Crippen LogP contribution >= 0.6 is 0 Å². The van der Waals surface area contributed by atoms with Crippen LogP contribution < -0.4 is 19.9 Å². The molecule has 0 aliphatic heterocycles. The summed E-state index contributed by atoms with van der Waals surface area (Å²) < 4.78 is 32.8. The average Bonchev–Trinajstić information content (AvgIpc) is 2.34. The first-order valence-electron chi connectivity index (χ1n) is 4.86. The van der Waals surface area contributed by atoms with Crippen LogP contribution in [-0.4, -0.2) is 35.6 Å². The van der Waals surface area contributed by atoms with E-state index in [-0.39, 0.29) is 22.0 Å². The number of carbonyl (C=O) groups excluding carboxylic acids is 1. The number of rotatable bonds is 4. The minimum absolute atomic E-state index is 0.0194. The van der Waals surface area contributed by atoms with Gasteiger partial charge in [-0.2, -0.15) is 0 Å². The lowest BCUT2D eigenvalue weighted by atomic mass is 10.1. The Labute approximate surface area is 105 Å². The molecule has 0 spiro atoms. The van der Waals surface area contributed by atoms with Crippen molar-refractivity contribution in [1.29, 1.82) is 0 Å². The quantitative estimate of drug-likeness (QED) is 0.784. The Morgan fingerprint density at radius 3 is 2.28 bits per heavy atom. The summed E-state index contributed by atoms with van der Waals surface area (Å²) in [5.74, 6) is -0.482. The minimum atomic E-state index is -4.00. The number of primary sulfonamides is 1. The van der Waals surface area contributed by atoms with Crippen molar-refractivity contribution >= 4 is 15.9 Å². The third-order valence-corrected chi connectivity index (χ3v) is 3.20. The second-order valence-electron chi connectivity index (χ2n) is 3.30. The predicted octanol–water partition coefficient (Wildman–Crippen LogP) is -0.289. The number of hydrogen-bond donors (Lipinski definition) is 2. The fraction of sp³-hybridized carbons (Fsp3) is 0.300. The Kier molecular flexibility index (Phi) is 4.15. The molecular formula is C10H14N2O5S. The van der Waals surface area contributed by atoms with E-state index >= 15 is 0 Å². The molecular weight excluding hydrogens is 260 g/mol. The van der Waals surface area contributed by atoms with Crippen LogP contribution in [0.15, 0.2) is 17.0 Å². The summed E-state index contributed by atoms with van der Waals surface area (Å²) in [6, 6.07) is 2.56. The molecule has 0 aromatic heterocycles. The SMILES string of the molecule is CNC(=O)c1c(OC)ccc(S(N)(=O)=O)c1OC. The van der Waals surface area contributed by atoms with E-state index in [2.05, 4.69) is 5.32 Å². The topological polar surface area (TPSA) is 108 Å². The summed E-state index contributed by atoms with van der Waals surface area (Å²) in [6.45, 7) is 0. The van der Waals surface area contributed by atoms with Gasteiger partial charge in [0, 0.05) is 7.05 Å². The van der Waals surface area contributed by atoms with Gasteiger partial charge in [0.2, 0.25) is 10.0 Å². The van der Waals surface area contributed by atoms with Gasteiger partial charge >= 0.3 is 0 Å². The molecule has 0 atom stereocenters. The maximum Gasteiger partial charge on any atom is 0.258 e. The molecule has 1 aromatic carbocycles. The van der Waals surface area contributed by atoms with Crippen molar-refractivity contribution < 1.29 is 22.7 Å². The van der Waals surface area contributed by atoms with Gasteiger partial charge in [-0.3, -0.25) is 4.79 Å². The fourth-order valence-electron chi connectivity index (χ4n) is 1.48. The highest BCUT2D eigenvalue weighted by atomic mass is 32.2. The number of nitrogens with one attached hydrogen (secondary N) is 1. The number of amides is 1. The van der Waals surface area contributed by atoms with E-state index in [1.165, 1.54) is 33.4 Å². The molecule has 100 valence electrons. The second-order valence-corrected chi connectivity index (χ2v) is 4.83.